The standard InChI is InChI=1S/C23H30N2O4/c1-4-24-23(27)16-29-20-9-7-8-19(15-20)25-22(26)10-5-6-13-28-21-14-17(2)11-12-18(21)3/h7-9,11-12,14-15H,4-6,10,13,16H2,1-3H3,(H,24,27)(H,25,26). The van der Waals surface area contributed by atoms with E-state index in [0.29, 0.717) is 31.0 Å². The largest absolute Gasteiger partial charge is 0.493 e. The van der Waals surface area contributed by atoms with Crippen LogP contribution in [0.2, 0.25) is 0 Å². The first kappa shape index (κ1) is 22.3. The van der Waals surface area contributed by atoms with E-state index >= 15 is 0 Å². The van der Waals surface area contributed by atoms with Gasteiger partial charge in [0.1, 0.15) is 11.5 Å². The molecule has 0 bridgehead atoms. The topological polar surface area (TPSA) is 76.7 Å². The van der Waals surface area contributed by atoms with E-state index in [0.717, 1.165) is 24.2 Å². The third-order valence-electron chi connectivity index (χ3n) is 4.26. The number of hydrogen-bond donors (Lipinski definition) is 2. The first-order chi connectivity index (χ1) is 14.0. The molecule has 6 nitrogen and oxygen atoms in total. The van der Waals surface area contributed by atoms with Gasteiger partial charge in [0.05, 0.1) is 6.61 Å². The highest BCUT2D eigenvalue weighted by Gasteiger charge is 2.06. The maximum absolute atomic E-state index is 12.2. The van der Waals surface area contributed by atoms with Crippen molar-refractivity contribution >= 4 is 17.5 Å². The molecular formula is C23H30N2O4. The number of likely N-dealkylation sites (N-methyl/N-ethyl adjacent to an activating group) is 1. The van der Waals surface area contributed by atoms with E-state index in [1.807, 2.05) is 32.9 Å². The smallest absolute Gasteiger partial charge is 0.257 e. The lowest BCUT2D eigenvalue weighted by Crippen LogP contribution is -2.28. The second kappa shape index (κ2) is 11.7. The first-order valence-electron chi connectivity index (χ1n) is 9.97. The van der Waals surface area contributed by atoms with E-state index in [1.165, 1.54) is 5.56 Å². The lowest BCUT2D eigenvalue weighted by molar-refractivity contribution is -0.123. The Bertz CT molecular complexity index is 820. The molecule has 2 N–H and O–H groups in total. The predicted octanol–water partition coefficient (Wildman–Crippen LogP) is 4.01. The van der Waals surface area contributed by atoms with Gasteiger partial charge in [0.2, 0.25) is 5.91 Å². The third kappa shape index (κ3) is 8.25. The van der Waals surface area contributed by atoms with Crippen molar-refractivity contribution in [3.05, 3.63) is 53.6 Å². The normalized spacial score (nSPS) is 10.3. The summed E-state index contributed by atoms with van der Waals surface area (Å²) in [4.78, 5) is 23.6. The summed E-state index contributed by atoms with van der Waals surface area (Å²) in [7, 11) is 0. The second-order valence-corrected chi connectivity index (χ2v) is 6.89. The molecule has 6 heteroatoms. The minimum absolute atomic E-state index is 0.0499. The molecule has 0 heterocycles. The summed E-state index contributed by atoms with van der Waals surface area (Å²) in [5, 5.41) is 5.53. The van der Waals surface area contributed by atoms with E-state index in [2.05, 4.69) is 16.7 Å². The Morgan fingerprint density at radius 1 is 0.966 bits per heavy atom. The zero-order valence-electron chi connectivity index (χ0n) is 17.4. The molecule has 0 unspecified atom stereocenters. The average molecular weight is 399 g/mol. The van der Waals surface area contributed by atoms with E-state index in [9.17, 15) is 9.59 Å². The van der Waals surface area contributed by atoms with Crippen LogP contribution in [0.1, 0.15) is 37.3 Å². The molecule has 0 aromatic heterocycles. The Morgan fingerprint density at radius 2 is 1.79 bits per heavy atom. The van der Waals surface area contributed by atoms with Gasteiger partial charge < -0.3 is 20.1 Å². The zero-order chi connectivity index (χ0) is 21.1. The lowest BCUT2D eigenvalue weighted by Gasteiger charge is -2.10. The van der Waals surface area contributed by atoms with Gasteiger partial charge in [-0.05, 0) is 62.9 Å². The van der Waals surface area contributed by atoms with Gasteiger partial charge >= 0.3 is 0 Å². The number of anilines is 1. The Morgan fingerprint density at radius 3 is 2.59 bits per heavy atom. The molecule has 156 valence electrons. The van der Waals surface area contributed by atoms with Crippen molar-refractivity contribution < 1.29 is 19.1 Å². The van der Waals surface area contributed by atoms with Crippen LogP contribution < -0.4 is 20.1 Å². The molecule has 0 fully saturated rings. The molecule has 0 saturated heterocycles. The molecule has 0 aliphatic rings. The first-order valence-corrected chi connectivity index (χ1v) is 9.97. The highest BCUT2D eigenvalue weighted by atomic mass is 16.5. The highest BCUT2D eigenvalue weighted by molar-refractivity contribution is 5.90. The van der Waals surface area contributed by atoms with Crippen LogP contribution in [0.5, 0.6) is 11.5 Å². The van der Waals surface area contributed by atoms with Gasteiger partial charge in [0.15, 0.2) is 6.61 Å². The quantitative estimate of drug-likeness (QED) is 0.561. The van der Waals surface area contributed by atoms with E-state index < -0.39 is 0 Å². The second-order valence-electron chi connectivity index (χ2n) is 6.89. The fourth-order valence-electron chi connectivity index (χ4n) is 2.72. The summed E-state index contributed by atoms with van der Waals surface area (Å²) >= 11 is 0. The van der Waals surface area contributed by atoms with E-state index in [-0.39, 0.29) is 18.4 Å². The molecule has 2 aromatic rings. The van der Waals surface area contributed by atoms with Crippen LogP contribution >= 0.6 is 0 Å². The van der Waals surface area contributed by atoms with Crippen molar-refractivity contribution in [2.75, 3.05) is 25.1 Å². The van der Waals surface area contributed by atoms with Gasteiger partial charge in [-0.15, -0.1) is 0 Å². The highest BCUT2D eigenvalue weighted by Crippen LogP contribution is 2.20. The summed E-state index contributed by atoms with van der Waals surface area (Å²) in [5.74, 6) is 1.21. The van der Waals surface area contributed by atoms with Crippen molar-refractivity contribution in [2.45, 2.75) is 40.0 Å². The van der Waals surface area contributed by atoms with Crippen molar-refractivity contribution in [2.24, 2.45) is 0 Å². The molecule has 2 amide bonds. The fourth-order valence-corrected chi connectivity index (χ4v) is 2.72. The molecule has 0 radical (unpaired) electrons. The number of hydrogen-bond acceptors (Lipinski definition) is 4. The number of benzene rings is 2. The molecule has 2 aromatic carbocycles. The monoisotopic (exact) mass is 398 g/mol. The number of rotatable bonds is 11. The number of carbonyl (C=O) groups excluding carboxylic acids is 2. The van der Waals surface area contributed by atoms with Crippen molar-refractivity contribution in [1.29, 1.82) is 0 Å². The van der Waals surface area contributed by atoms with Crippen molar-refractivity contribution in [3.8, 4) is 11.5 Å². The van der Waals surface area contributed by atoms with Gasteiger partial charge in [-0.1, -0.05) is 18.2 Å². The van der Waals surface area contributed by atoms with Crippen LogP contribution in [0.15, 0.2) is 42.5 Å². The van der Waals surface area contributed by atoms with Crippen LogP contribution in [-0.4, -0.2) is 31.6 Å². The lowest BCUT2D eigenvalue weighted by atomic mass is 10.1. The van der Waals surface area contributed by atoms with Gasteiger partial charge in [0.25, 0.3) is 5.91 Å². The molecule has 0 atom stereocenters. The van der Waals surface area contributed by atoms with E-state index in [4.69, 9.17) is 9.47 Å². The molecular weight excluding hydrogens is 368 g/mol. The molecule has 29 heavy (non-hydrogen) atoms. The summed E-state index contributed by atoms with van der Waals surface area (Å²) in [5.41, 5.74) is 2.93. The number of carbonyl (C=O) groups is 2. The minimum Gasteiger partial charge on any atom is -0.493 e. The summed E-state index contributed by atoms with van der Waals surface area (Å²) in [6, 6.07) is 13.2. The van der Waals surface area contributed by atoms with Gasteiger partial charge in [0, 0.05) is 24.7 Å². The summed E-state index contributed by atoms with van der Waals surface area (Å²) in [6.07, 6.45) is 1.96. The summed E-state index contributed by atoms with van der Waals surface area (Å²) in [6.45, 7) is 7.01. The molecule has 0 aliphatic heterocycles. The molecule has 0 saturated carbocycles. The number of unbranched alkanes of at least 4 members (excludes halogenated alkanes) is 1. The van der Waals surface area contributed by atoms with Crippen LogP contribution in [0, 0.1) is 13.8 Å². The zero-order valence-corrected chi connectivity index (χ0v) is 17.4. The molecule has 0 spiro atoms. The Balaban J connectivity index is 1.69. The minimum atomic E-state index is -0.176. The van der Waals surface area contributed by atoms with Crippen molar-refractivity contribution in [3.63, 3.8) is 0 Å². The maximum atomic E-state index is 12.2. The van der Waals surface area contributed by atoms with Crippen molar-refractivity contribution in [1.82, 2.24) is 5.32 Å². The average Bonchev–Trinajstić information content (AvgIpc) is 2.69. The van der Waals surface area contributed by atoms with Crippen LogP contribution in [-0.2, 0) is 9.59 Å². The third-order valence-corrected chi connectivity index (χ3v) is 4.26. The van der Waals surface area contributed by atoms with Crippen LogP contribution in [0.3, 0.4) is 0 Å². The van der Waals surface area contributed by atoms with Gasteiger partial charge in [-0.3, -0.25) is 9.59 Å². The number of amides is 2. The predicted molar refractivity (Wildman–Crippen MR) is 115 cm³/mol. The maximum Gasteiger partial charge on any atom is 0.257 e. The Hall–Kier alpha value is -3.02. The van der Waals surface area contributed by atoms with Gasteiger partial charge in [-0.25, -0.2) is 0 Å². The Kier molecular flexibility index (Phi) is 9.02. The van der Waals surface area contributed by atoms with E-state index in [1.54, 1.807) is 24.3 Å². The number of nitrogens with one attached hydrogen (secondary N) is 2. The molecule has 2 rings (SSSR count). The fraction of sp³-hybridized carbons (Fsp3) is 0.391. The van der Waals surface area contributed by atoms with Gasteiger partial charge in [-0.2, -0.15) is 0 Å². The van der Waals surface area contributed by atoms with Crippen LogP contribution in [0.4, 0.5) is 5.69 Å². The SMILES string of the molecule is CCNC(=O)COc1cccc(NC(=O)CCCCOc2cc(C)ccc2C)c1. The molecule has 0 aliphatic carbocycles. The number of aryl methyl sites for hydroxylation is 2. The van der Waals surface area contributed by atoms with Crippen LogP contribution in [0.25, 0.3) is 0 Å². The number of ether oxygens (including phenoxy) is 2. The Labute approximate surface area is 172 Å². The summed E-state index contributed by atoms with van der Waals surface area (Å²) < 4.78 is 11.3.